The summed E-state index contributed by atoms with van der Waals surface area (Å²) in [6.45, 7) is 3.52. The lowest BCUT2D eigenvalue weighted by atomic mass is 9.98. The standard InChI is InChI=1S/C30H32N4O.CO2/c1-2-27-28(29(25-13-17-32-18-14-25)33-34(27)20-30(31)15-16-30)24-9-11-26(12-10-24)35-19-21-3-5-22(6-4-21)23-7-8-23;2-1-3/h3-6,9-14,17-18,23H,2,7-8,15-16,19-20,31H2,1H3;. The Hall–Kier alpha value is -4.06. The van der Waals surface area contributed by atoms with Crippen LogP contribution in [0.4, 0.5) is 0 Å². The zero-order valence-corrected chi connectivity index (χ0v) is 21.6. The summed E-state index contributed by atoms with van der Waals surface area (Å²) in [5.41, 5.74) is 14.6. The van der Waals surface area contributed by atoms with E-state index in [1.807, 2.05) is 24.5 Å². The zero-order chi connectivity index (χ0) is 26.5. The molecule has 2 aromatic carbocycles. The summed E-state index contributed by atoms with van der Waals surface area (Å²) in [7, 11) is 0. The highest BCUT2D eigenvalue weighted by Crippen LogP contribution is 2.40. The number of nitrogens with two attached hydrogens (primary N) is 1. The summed E-state index contributed by atoms with van der Waals surface area (Å²) < 4.78 is 8.24. The number of carbonyl (C=O) groups excluding carboxylic acids is 2. The average Bonchev–Trinajstić information content (AvgIpc) is 3.88. The van der Waals surface area contributed by atoms with Gasteiger partial charge in [-0.1, -0.05) is 43.3 Å². The van der Waals surface area contributed by atoms with E-state index in [0.29, 0.717) is 6.61 Å². The van der Waals surface area contributed by atoms with E-state index in [0.717, 1.165) is 54.3 Å². The first-order valence-corrected chi connectivity index (χ1v) is 13.1. The van der Waals surface area contributed by atoms with E-state index >= 15 is 0 Å². The monoisotopic (exact) mass is 508 g/mol. The summed E-state index contributed by atoms with van der Waals surface area (Å²) >= 11 is 0. The maximum atomic E-state index is 8.12. The predicted octanol–water partition coefficient (Wildman–Crippen LogP) is 5.54. The quantitative estimate of drug-likeness (QED) is 0.319. The number of aromatic nitrogens is 3. The maximum absolute atomic E-state index is 8.12. The van der Waals surface area contributed by atoms with Gasteiger partial charge in [0.2, 0.25) is 0 Å². The lowest BCUT2D eigenvalue weighted by Crippen LogP contribution is -2.29. The number of rotatable bonds is 9. The van der Waals surface area contributed by atoms with Gasteiger partial charge in [0.15, 0.2) is 0 Å². The average molecular weight is 509 g/mol. The second-order valence-electron chi connectivity index (χ2n) is 10.2. The van der Waals surface area contributed by atoms with Gasteiger partial charge < -0.3 is 10.5 Å². The summed E-state index contributed by atoms with van der Waals surface area (Å²) in [5, 5.41) is 5.05. The molecule has 2 aromatic heterocycles. The van der Waals surface area contributed by atoms with E-state index < -0.39 is 0 Å². The Bertz CT molecular complexity index is 1400. The molecule has 7 nitrogen and oxygen atoms in total. The number of ether oxygens (including phenoxy) is 1. The Morgan fingerprint density at radius 1 is 0.974 bits per heavy atom. The minimum absolute atomic E-state index is 0.114. The van der Waals surface area contributed by atoms with Gasteiger partial charge in [-0.25, -0.2) is 0 Å². The molecule has 38 heavy (non-hydrogen) atoms. The second-order valence-corrected chi connectivity index (χ2v) is 10.2. The molecule has 7 heteroatoms. The normalized spacial score (nSPS) is 15.2. The molecule has 2 saturated carbocycles. The third-order valence-corrected chi connectivity index (χ3v) is 7.28. The van der Waals surface area contributed by atoms with Crippen LogP contribution in [-0.4, -0.2) is 26.5 Å². The van der Waals surface area contributed by atoms with Crippen molar-refractivity contribution in [2.45, 2.75) is 63.6 Å². The Morgan fingerprint density at radius 2 is 1.63 bits per heavy atom. The molecular formula is C31H32N4O3. The molecule has 0 radical (unpaired) electrons. The van der Waals surface area contributed by atoms with Crippen LogP contribution in [0, 0.1) is 0 Å². The van der Waals surface area contributed by atoms with Gasteiger partial charge in [0, 0.05) is 34.8 Å². The summed E-state index contributed by atoms with van der Waals surface area (Å²) in [6.07, 6.45) is 9.56. The van der Waals surface area contributed by atoms with Crippen molar-refractivity contribution >= 4 is 6.15 Å². The van der Waals surface area contributed by atoms with Gasteiger partial charge in [0.1, 0.15) is 18.1 Å². The number of nitrogens with zero attached hydrogens (tertiary/aromatic N) is 3. The first-order valence-electron chi connectivity index (χ1n) is 13.1. The minimum atomic E-state index is -0.114. The Balaban J connectivity index is 0.000000937. The van der Waals surface area contributed by atoms with Crippen LogP contribution in [0.25, 0.3) is 22.4 Å². The highest BCUT2D eigenvalue weighted by molar-refractivity contribution is 5.83. The van der Waals surface area contributed by atoms with Crippen LogP contribution in [0.1, 0.15) is 55.3 Å². The minimum Gasteiger partial charge on any atom is -0.489 e. The van der Waals surface area contributed by atoms with E-state index in [-0.39, 0.29) is 11.7 Å². The van der Waals surface area contributed by atoms with Gasteiger partial charge in [-0.2, -0.15) is 14.7 Å². The molecule has 0 bridgehead atoms. The van der Waals surface area contributed by atoms with Gasteiger partial charge in [0.05, 0.1) is 6.54 Å². The van der Waals surface area contributed by atoms with Crippen molar-refractivity contribution in [3.63, 3.8) is 0 Å². The Kier molecular flexibility index (Phi) is 7.50. The van der Waals surface area contributed by atoms with Gasteiger partial charge in [-0.3, -0.25) is 9.67 Å². The third-order valence-electron chi connectivity index (χ3n) is 7.28. The van der Waals surface area contributed by atoms with Crippen LogP contribution < -0.4 is 10.5 Å². The van der Waals surface area contributed by atoms with Crippen molar-refractivity contribution < 1.29 is 14.3 Å². The van der Waals surface area contributed by atoms with Crippen molar-refractivity contribution in [3.8, 4) is 28.1 Å². The fourth-order valence-corrected chi connectivity index (χ4v) is 4.81. The molecule has 0 saturated heterocycles. The van der Waals surface area contributed by atoms with E-state index in [1.54, 1.807) is 0 Å². The smallest absolute Gasteiger partial charge is 0.373 e. The maximum Gasteiger partial charge on any atom is 0.373 e. The summed E-state index contributed by atoms with van der Waals surface area (Å²) in [5.74, 6) is 1.65. The fourth-order valence-electron chi connectivity index (χ4n) is 4.81. The summed E-state index contributed by atoms with van der Waals surface area (Å²) in [4.78, 5) is 20.4. The van der Waals surface area contributed by atoms with Crippen molar-refractivity contribution in [2.24, 2.45) is 5.73 Å². The van der Waals surface area contributed by atoms with E-state index in [9.17, 15) is 0 Å². The van der Waals surface area contributed by atoms with E-state index in [2.05, 4.69) is 65.1 Å². The fraction of sp³-hybridized carbons (Fsp3) is 0.323. The van der Waals surface area contributed by atoms with Crippen molar-refractivity contribution in [3.05, 3.63) is 89.9 Å². The van der Waals surface area contributed by atoms with E-state index in [4.69, 9.17) is 25.2 Å². The Morgan fingerprint density at radius 3 is 2.21 bits per heavy atom. The van der Waals surface area contributed by atoms with Crippen LogP contribution in [-0.2, 0) is 29.2 Å². The van der Waals surface area contributed by atoms with Crippen molar-refractivity contribution in [1.82, 2.24) is 14.8 Å². The number of pyridine rings is 1. The number of hydrogen-bond acceptors (Lipinski definition) is 6. The third kappa shape index (κ3) is 5.91. The molecule has 0 amide bonds. The molecule has 2 aliphatic rings. The van der Waals surface area contributed by atoms with Crippen LogP contribution in [0.15, 0.2) is 73.1 Å². The molecule has 2 fully saturated rings. The lowest BCUT2D eigenvalue weighted by molar-refractivity contribution is -0.191. The highest BCUT2D eigenvalue weighted by atomic mass is 16.5. The molecule has 2 heterocycles. The SMILES string of the molecule is CCc1c(-c2ccc(OCc3ccc(C4CC4)cc3)cc2)c(-c2ccncc2)nn1CC1(N)CC1.O=C=O. The zero-order valence-electron chi connectivity index (χ0n) is 21.6. The van der Waals surface area contributed by atoms with E-state index in [1.165, 1.54) is 35.2 Å². The molecule has 0 spiro atoms. The second kappa shape index (κ2) is 11.1. The van der Waals surface area contributed by atoms with Crippen LogP contribution in [0.3, 0.4) is 0 Å². The lowest BCUT2D eigenvalue weighted by Gasteiger charge is -2.13. The highest BCUT2D eigenvalue weighted by Gasteiger charge is 2.39. The van der Waals surface area contributed by atoms with Gasteiger partial charge >= 0.3 is 6.15 Å². The predicted molar refractivity (Wildman–Crippen MR) is 144 cm³/mol. The molecule has 2 aliphatic carbocycles. The molecule has 4 aromatic rings. The summed E-state index contributed by atoms with van der Waals surface area (Å²) in [6, 6.07) is 21.3. The largest absolute Gasteiger partial charge is 0.489 e. The molecule has 6 rings (SSSR count). The van der Waals surface area contributed by atoms with Crippen LogP contribution in [0.5, 0.6) is 5.75 Å². The van der Waals surface area contributed by atoms with Crippen molar-refractivity contribution in [2.75, 3.05) is 0 Å². The topological polar surface area (TPSA) is 100 Å². The molecule has 0 atom stereocenters. The van der Waals surface area contributed by atoms with Gasteiger partial charge in [0.25, 0.3) is 0 Å². The molecule has 0 aliphatic heterocycles. The molecule has 2 N–H and O–H groups in total. The first-order chi connectivity index (χ1) is 18.5. The number of benzene rings is 2. The van der Waals surface area contributed by atoms with Gasteiger partial charge in [-0.15, -0.1) is 0 Å². The molecule has 194 valence electrons. The van der Waals surface area contributed by atoms with Crippen LogP contribution in [0.2, 0.25) is 0 Å². The van der Waals surface area contributed by atoms with Crippen molar-refractivity contribution in [1.29, 1.82) is 0 Å². The number of hydrogen-bond donors (Lipinski definition) is 1. The van der Waals surface area contributed by atoms with Gasteiger partial charge in [-0.05, 0) is 79.0 Å². The molecule has 0 unspecified atom stereocenters. The van der Waals surface area contributed by atoms with Crippen LogP contribution >= 0.6 is 0 Å². The molecular weight excluding hydrogens is 476 g/mol. The first kappa shape index (κ1) is 25.6. The Labute approximate surface area is 222 Å².